The Morgan fingerprint density at radius 2 is 1.68 bits per heavy atom. The quantitative estimate of drug-likeness (QED) is 0.449. The summed E-state index contributed by atoms with van der Waals surface area (Å²) in [5, 5.41) is 0. The van der Waals surface area contributed by atoms with Gasteiger partial charge < -0.3 is 9.80 Å². The van der Waals surface area contributed by atoms with E-state index in [9.17, 15) is 4.79 Å². The van der Waals surface area contributed by atoms with Crippen molar-refractivity contribution in [3.05, 3.63) is 58.3 Å². The molecule has 3 heteroatoms. The van der Waals surface area contributed by atoms with Gasteiger partial charge in [-0.25, -0.2) is 0 Å². The van der Waals surface area contributed by atoms with E-state index in [0.717, 1.165) is 38.8 Å². The van der Waals surface area contributed by atoms with Crippen molar-refractivity contribution in [2.75, 3.05) is 26.2 Å². The third-order valence-corrected chi connectivity index (χ3v) is 8.99. The maximum Gasteiger partial charge on any atom is 0.229 e. The van der Waals surface area contributed by atoms with Crippen LogP contribution in [-0.4, -0.2) is 41.9 Å². The van der Waals surface area contributed by atoms with Crippen molar-refractivity contribution in [1.82, 2.24) is 9.80 Å². The fourth-order valence-electron chi connectivity index (χ4n) is 6.78. The Kier molecular flexibility index (Phi) is 7.58. The minimum atomic E-state index is 0.280. The highest BCUT2D eigenvalue weighted by atomic mass is 16.2. The van der Waals surface area contributed by atoms with Gasteiger partial charge in [0.15, 0.2) is 0 Å². The third kappa shape index (κ3) is 5.20. The van der Waals surface area contributed by atoms with Crippen LogP contribution >= 0.6 is 0 Å². The molecule has 0 aromatic heterocycles. The van der Waals surface area contributed by atoms with E-state index in [1.807, 2.05) is 0 Å². The molecular weight excluding hydrogens is 416 g/mol. The molecule has 1 aromatic carbocycles. The zero-order chi connectivity index (χ0) is 23.5. The maximum atomic E-state index is 13.5. The van der Waals surface area contributed by atoms with Crippen molar-refractivity contribution in [1.29, 1.82) is 0 Å². The number of hydrogen-bond acceptors (Lipinski definition) is 2. The van der Waals surface area contributed by atoms with Crippen LogP contribution in [0.4, 0.5) is 0 Å². The van der Waals surface area contributed by atoms with Crippen LogP contribution in [0.1, 0.15) is 107 Å². The first kappa shape index (κ1) is 23.9. The van der Waals surface area contributed by atoms with E-state index >= 15 is 0 Å². The van der Waals surface area contributed by atoms with Crippen LogP contribution in [0.25, 0.3) is 0 Å². The van der Waals surface area contributed by atoms with Gasteiger partial charge in [0.05, 0.1) is 0 Å². The number of nitrogens with zero attached hydrogens (tertiary/aromatic N) is 2. The Morgan fingerprint density at radius 1 is 0.941 bits per heavy atom. The monoisotopic (exact) mass is 460 g/mol. The van der Waals surface area contributed by atoms with E-state index < -0.39 is 0 Å². The number of piperidine rings is 1. The highest BCUT2D eigenvalue weighted by Gasteiger charge is 2.34. The Morgan fingerprint density at radius 3 is 2.38 bits per heavy atom. The summed E-state index contributed by atoms with van der Waals surface area (Å²) in [5.41, 5.74) is 7.44. The molecule has 1 saturated heterocycles. The summed E-state index contributed by atoms with van der Waals surface area (Å²) in [4.78, 5) is 18.4. The lowest BCUT2D eigenvalue weighted by molar-refractivity contribution is -0.133. The molecule has 0 N–H and O–H groups in total. The predicted octanol–water partition coefficient (Wildman–Crippen LogP) is 7.17. The number of allylic oxidation sites excluding steroid dienone is 2. The van der Waals surface area contributed by atoms with Crippen molar-refractivity contribution >= 4 is 5.91 Å². The highest BCUT2D eigenvalue weighted by Crippen LogP contribution is 2.38. The second-order valence-corrected chi connectivity index (χ2v) is 11.5. The van der Waals surface area contributed by atoms with Gasteiger partial charge in [-0.2, -0.15) is 0 Å². The molecule has 2 aliphatic carbocycles. The number of benzene rings is 1. The Hall–Kier alpha value is -1.87. The van der Waals surface area contributed by atoms with E-state index in [1.54, 1.807) is 5.57 Å². The first-order valence-corrected chi connectivity index (χ1v) is 14.1. The molecule has 0 bridgehead atoms. The zero-order valence-electron chi connectivity index (χ0n) is 21.5. The molecule has 184 valence electrons. The van der Waals surface area contributed by atoms with Crippen LogP contribution < -0.4 is 0 Å². The summed E-state index contributed by atoms with van der Waals surface area (Å²) in [6.07, 6.45) is 15.4. The molecule has 0 atom stereocenters. The van der Waals surface area contributed by atoms with E-state index in [4.69, 9.17) is 0 Å². The molecule has 4 aliphatic rings. The number of amides is 1. The molecule has 1 aromatic rings. The van der Waals surface area contributed by atoms with Crippen molar-refractivity contribution < 1.29 is 4.79 Å². The van der Waals surface area contributed by atoms with Gasteiger partial charge in [-0.15, -0.1) is 0 Å². The minimum Gasteiger partial charge on any atom is -0.315 e. The van der Waals surface area contributed by atoms with Crippen molar-refractivity contribution in [2.24, 2.45) is 5.92 Å². The molecule has 34 heavy (non-hydrogen) atoms. The van der Waals surface area contributed by atoms with Gasteiger partial charge in [0.25, 0.3) is 0 Å². The van der Waals surface area contributed by atoms with Crippen molar-refractivity contribution in [3.8, 4) is 0 Å². The minimum absolute atomic E-state index is 0.280. The number of hydrogen-bond donors (Lipinski definition) is 0. The summed E-state index contributed by atoms with van der Waals surface area (Å²) in [6.45, 7) is 8.90. The van der Waals surface area contributed by atoms with Gasteiger partial charge in [-0.05, 0) is 98.6 Å². The average molecular weight is 461 g/mol. The second-order valence-electron chi connectivity index (χ2n) is 11.5. The lowest BCUT2D eigenvalue weighted by atomic mass is 9.85. The molecule has 1 saturated carbocycles. The Balaban J connectivity index is 1.22. The van der Waals surface area contributed by atoms with Gasteiger partial charge >= 0.3 is 0 Å². The average Bonchev–Trinajstić information content (AvgIpc) is 3.42. The van der Waals surface area contributed by atoms with Gasteiger partial charge in [-0.1, -0.05) is 57.0 Å². The lowest BCUT2D eigenvalue weighted by Gasteiger charge is -2.38. The summed E-state index contributed by atoms with van der Waals surface area (Å²) >= 11 is 0. The van der Waals surface area contributed by atoms with Crippen LogP contribution in [0, 0.1) is 5.92 Å². The second kappa shape index (κ2) is 10.8. The molecule has 0 unspecified atom stereocenters. The molecule has 2 heterocycles. The Labute approximate surface area is 207 Å². The van der Waals surface area contributed by atoms with Gasteiger partial charge in [0.1, 0.15) is 0 Å². The molecule has 1 amide bonds. The van der Waals surface area contributed by atoms with Gasteiger partial charge in [-0.3, -0.25) is 4.79 Å². The van der Waals surface area contributed by atoms with Gasteiger partial charge in [0.2, 0.25) is 5.91 Å². The van der Waals surface area contributed by atoms with E-state index in [-0.39, 0.29) is 5.92 Å². The fraction of sp³-hybridized carbons (Fsp3) is 0.645. The maximum absolute atomic E-state index is 13.5. The van der Waals surface area contributed by atoms with Crippen LogP contribution in [0.5, 0.6) is 0 Å². The summed E-state index contributed by atoms with van der Waals surface area (Å²) < 4.78 is 0. The molecule has 2 fully saturated rings. The standard InChI is InChI=1S/C31H44N2O/c1-23(2)24-11-13-25(14-12-24)26-15-19-32(20-16-26)21-18-30-29-10-6-5-7-27(29)17-22-33(30)31(34)28-8-3-4-9-28/h7,11-14,23,26,28H,3-6,8-10,15-22H2,1-2H3. The number of fused-ring (bicyclic) bond motifs is 1. The fourth-order valence-corrected chi connectivity index (χ4v) is 6.78. The SMILES string of the molecule is CC(C)c1ccc(C2CCN(CCC3=C4CCCC=C4CCN3C(=O)C3CCCC3)CC2)cc1. The van der Waals surface area contributed by atoms with Crippen LogP contribution in [-0.2, 0) is 4.79 Å². The Bertz CT molecular complexity index is 911. The normalized spacial score (nSPS) is 22.9. The zero-order valence-corrected chi connectivity index (χ0v) is 21.5. The topological polar surface area (TPSA) is 23.6 Å². The van der Waals surface area contributed by atoms with Crippen molar-refractivity contribution in [2.45, 2.75) is 96.3 Å². The molecule has 0 spiro atoms. The summed E-state index contributed by atoms with van der Waals surface area (Å²) in [7, 11) is 0. The number of carbonyl (C=O) groups excluding carboxylic acids is 1. The van der Waals surface area contributed by atoms with E-state index in [0.29, 0.717) is 17.7 Å². The largest absolute Gasteiger partial charge is 0.315 e. The van der Waals surface area contributed by atoms with E-state index in [1.165, 1.54) is 80.4 Å². The molecule has 0 radical (unpaired) electrons. The van der Waals surface area contributed by atoms with Crippen LogP contribution in [0.15, 0.2) is 47.2 Å². The molecule has 3 nitrogen and oxygen atoms in total. The number of likely N-dealkylation sites (tertiary alicyclic amines) is 1. The molecule has 2 aliphatic heterocycles. The van der Waals surface area contributed by atoms with Crippen molar-refractivity contribution in [3.63, 3.8) is 0 Å². The van der Waals surface area contributed by atoms with Gasteiger partial charge in [0, 0.05) is 31.1 Å². The number of rotatable bonds is 6. The summed E-state index contributed by atoms with van der Waals surface area (Å²) in [5.74, 6) is 2.02. The number of carbonyl (C=O) groups is 1. The summed E-state index contributed by atoms with van der Waals surface area (Å²) in [6, 6.07) is 9.39. The predicted molar refractivity (Wildman–Crippen MR) is 141 cm³/mol. The van der Waals surface area contributed by atoms with E-state index in [2.05, 4.69) is 54.0 Å². The lowest BCUT2D eigenvalue weighted by Crippen LogP contribution is -2.41. The first-order chi connectivity index (χ1) is 16.6. The highest BCUT2D eigenvalue weighted by molar-refractivity contribution is 5.81. The first-order valence-electron chi connectivity index (χ1n) is 14.1. The smallest absolute Gasteiger partial charge is 0.229 e. The molecular formula is C31H44N2O. The third-order valence-electron chi connectivity index (χ3n) is 8.99. The van der Waals surface area contributed by atoms with Crippen LogP contribution in [0.2, 0.25) is 0 Å². The van der Waals surface area contributed by atoms with Crippen LogP contribution in [0.3, 0.4) is 0 Å². The molecule has 5 rings (SSSR count).